The van der Waals surface area contributed by atoms with Gasteiger partial charge in [0.05, 0.1) is 0 Å². The molecule has 0 radical (unpaired) electrons. The Morgan fingerprint density at radius 2 is 0.946 bits per heavy atom. The van der Waals surface area contributed by atoms with E-state index in [1.165, 1.54) is 66.5 Å². The minimum atomic E-state index is 0.219. The van der Waals surface area contributed by atoms with E-state index in [1.54, 1.807) is 0 Å². The van der Waals surface area contributed by atoms with Gasteiger partial charge >= 0.3 is 0 Å². The molecular weight excluding hydrogens is 443 g/mol. The van der Waals surface area contributed by atoms with Crippen molar-refractivity contribution in [1.29, 1.82) is 0 Å². The highest BCUT2D eigenvalue weighted by Crippen LogP contribution is 2.31. The molecule has 0 nitrogen and oxygen atoms in total. The topological polar surface area (TPSA) is 0 Å². The Hall–Kier alpha value is -3.84. The maximum atomic E-state index is 2.41. The van der Waals surface area contributed by atoms with E-state index in [1.807, 2.05) is 0 Å². The lowest BCUT2D eigenvalue weighted by Gasteiger charge is -2.31. The van der Waals surface area contributed by atoms with Crippen LogP contribution in [0, 0.1) is 27.7 Å². The molecule has 5 aromatic rings. The Kier molecular flexibility index (Phi) is 6.09. The van der Waals surface area contributed by atoms with E-state index < -0.39 is 0 Å². The molecule has 0 amide bonds. The van der Waals surface area contributed by atoms with Gasteiger partial charge in [-0.05, 0) is 61.9 Å². The lowest BCUT2D eigenvalue weighted by Crippen LogP contribution is -2.58. The van der Waals surface area contributed by atoms with Gasteiger partial charge in [-0.3, -0.25) is 0 Å². The van der Waals surface area contributed by atoms with Crippen LogP contribution in [0.3, 0.4) is 0 Å². The number of hydrogen-bond acceptors (Lipinski definition) is 0. The summed E-state index contributed by atoms with van der Waals surface area (Å²) >= 11 is 0. The molecule has 0 aromatic heterocycles. The zero-order valence-corrected chi connectivity index (χ0v) is 22.3. The first-order valence-electron chi connectivity index (χ1n) is 13.4. The van der Waals surface area contributed by atoms with Crippen molar-refractivity contribution in [3.05, 3.63) is 159 Å². The second-order valence-corrected chi connectivity index (χ2v) is 10.8. The van der Waals surface area contributed by atoms with E-state index in [0.29, 0.717) is 0 Å². The van der Waals surface area contributed by atoms with Gasteiger partial charge in [0.2, 0.25) is 6.71 Å². The van der Waals surface area contributed by atoms with Gasteiger partial charge < -0.3 is 0 Å². The summed E-state index contributed by atoms with van der Waals surface area (Å²) in [7, 11) is 0. The second-order valence-electron chi connectivity index (χ2n) is 10.8. The molecule has 0 atom stereocenters. The van der Waals surface area contributed by atoms with Crippen molar-refractivity contribution in [3.63, 3.8) is 0 Å². The van der Waals surface area contributed by atoms with Gasteiger partial charge in [-0.1, -0.05) is 148 Å². The third-order valence-corrected chi connectivity index (χ3v) is 8.06. The molecule has 1 aliphatic heterocycles. The van der Waals surface area contributed by atoms with Crippen molar-refractivity contribution >= 4 is 23.1 Å². The summed E-state index contributed by atoms with van der Waals surface area (Å²) in [6, 6.07) is 40.8. The molecular formula is C36H33B. The first-order valence-corrected chi connectivity index (χ1v) is 13.4. The molecule has 37 heavy (non-hydrogen) atoms. The molecule has 0 aliphatic carbocycles. The second kappa shape index (κ2) is 9.56. The van der Waals surface area contributed by atoms with E-state index in [9.17, 15) is 0 Å². The standard InChI is InChI=1S/C36H33B/c1-24-19-26(3)35-31(21-24)23-32-22-25(2)20-27(4)36(32)37(35)33-17-15-30(16-18-33)34(28-11-7-5-8-12-28)29-13-9-6-10-14-29/h5-22,34H,23H2,1-4H3. The van der Waals surface area contributed by atoms with Crippen LogP contribution in [0.4, 0.5) is 0 Å². The highest BCUT2D eigenvalue weighted by molar-refractivity contribution is 6.97. The number of aryl methyl sites for hydroxylation is 4. The number of hydrogen-bond donors (Lipinski definition) is 0. The smallest absolute Gasteiger partial charge is 0.0686 e. The Bertz CT molecular complexity index is 1470. The van der Waals surface area contributed by atoms with E-state index in [4.69, 9.17) is 0 Å². The highest BCUT2D eigenvalue weighted by atomic mass is 14.2. The van der Waals surface area contributed by atoms with Crippen LogP contribution < -0.4 is 16.4 Å². The van der Waals surface area contributed by atoms with Crippen LogP contribution in [0.25, 0.3) is 0 Å². The first-order chi connectivity index (χ1) is 18.0. The Balaban J connectivity index is 1.50. The van der Waals surface area contributed by atoms with Crippen molar-refractivity contribution in [2.75, 3.05) is 0 Å². The van der Waals surface area contributed by atoms with Crippen LogP contribution >= 0.6 is 0 Å². The van der Waals surface area contributed by atoms with Crippen LogP contribution in [0.15, 0.2) is 109 Å². The predicted octanol–water partition coefficient (Wildman–Crippen LogP) is 6.52. The largest absolute Gasteiger partial charge is 0.242 e. The molecule has 1 aliphatic rings. The molecule has 1 heterocycles. The monoisotopic (exact) mass is 476 g/mol. The number of fused-ring (bicyclic) bond motifs is 2. The zero-order valence-electron chi connectivity index (χ0n) is 22.3. The molecule has 0 saturated heterocycles. The average molecular weight is 476 g/mol. The van der Waals surface area contributed by atoms with Crippen molar-refractivity contribution in [1.82, 2.24) is 0 Å². The molecule has 180 valence electrons. The molecule has 0 spiro atoms. The summed E-state index contributed by atoms with van der Waals surface area (Å²) in [5, 5.41) is 0. The third kappa shape index (κ3) is 4.34. The molecule has 0 fully saturated rings. The Labute approximate surface area is 222 Å². The van der Waals surface area contributed by atoms with Crippen molar-refractivity contribution in [3.8, 4) is 0 Å². The fourth-order valence-electron chi connectivity index (χ4n) is 6.68. The molecule has 0 N–H and O–H groups in total. The lowest BCUT2D eigenvalue weighted by molar-refractivity contribution is 0.978. The van der Waals surface area contributed by atoms with Gasteiger partial charge in [0.15, 0.2) is 0 Å². The van der Waals surface area contributed by atoms with Crippen molar-refractivity contribution in [2.45, 2.75) is 40.0 Å². The zero-order chi connectivity index (χ0) is 25.5. The molecule has 0 unspecified atom stereocenters. The highest BCUT2D eigenvalue weighted by Gasteiger charge is 2.33. The maximum Gasteiger partial charge on any atom is 0.242 e. The van der Waals surface area contributed by atoms with Gasteiger partial charge in [0.1, 0.15) is 0 Å². The lowest BCUT2D eigenvalue weighted by atomic mass is 9.32. The minimum absolute atomic E-state index is 0.219. The van der Waals surface area contributed by atoms with Crippen molar-refractivity contribution in [2.24, 2.45) is 0 Å². The summed E-state index contributed by atoms with van der Waals surface area (Å²) in [5.74, 6) is 0.219. The van der Waals surface area contributed by atoms with Crippen molar-refractivity contribution < 1.29 is 0 Å². The molecule has 6 rings (SSSR count). The van der Waals surface area contributed by atoms with Crippen LogP contribution in [-0.2, 0) is 6.42 Å². The van der Waals surface area contributed by atoms with Gasteiger partial charge in [-0.25, -0.2) is 0 Å². The van der Waals surface area contributed by atoms with Crippen LogP contribution in [0.5, 0.6) is 0 Å². The molecule has 5 aromatic carbocycles. The van der Waals surface area contributed by atoms with Gasteiger partial charge in [0.25, 0.3) is 0 Å². The van der Waals surface area contributed by atoms with Gasteiger partial charge in [0, 0.05) is 5.92 Å². The Morgan fingerprint density at radius 3 is 1.41 bits per heavy atom. The number of benzene rings is 5. The Morgan fingerprint density at radius 1 is 0.514 bits per heavy atom. The SMILES string of the molecule is Cc1cc(C)c2c(c1)Cc1cc(C)cc(C)c1B2c1ccc(C(c2ccccc2)c2ccccc2)cc1. The fourth-order valence-corrected chi connectivity index (χ4v) is 6.68. The maximum absolute atomic E-state index is 2.41. The summed E-state index contributed by atoms with van der Waals surface area (Å²) in [6.45, 7) is 9.30. The van der Waals surface area contributed by atoms with E-state index in [2.05, 4.69) is 137 Å². The van der Waals surface area contributed by atoms with E-state index >= 15 is 0 Å². The summed E-state index contributed by atoms with van der Waals surface area (Å²) in [4.78, 5) is 0. The quantitative estimate of drug-likeness (QED) is 0.201. The predicted molar refractivity (Wildman–Crippen MR) is 160 cm³/mol. The van der Waals surface area contributed by atoms with E-state index in [0.717, 1.165) is 6.42 Å². The molecule has 0 saturated carbocycles. The normalized spacial score (nSPS) is 12.4. The number of rotatable bonds is 4. The third-order valence-electron chi connectivity index (χ3n) is 8.06. The molecule has 0 bridgehead atoms. The van der Waals surface area contributed by atoms with Gasteiger partial charge in [-0.15, -0.1) is 0 Å². The van der Waals surface area contributed by atoms with Crippen LogP contribution in [0.2, 0.25) is 0 Å². The minimum Gasteiger partial charge on any atom is -0.0686 e. The van der Waals surface area contributed by atoms with Gasteiger partial charge in [-0.2, -0.15) is 0 Å². The first kappa shape index (κ1) is 23.6. The summed E-state index contributed by atoms with van der Waals surface area (Å²) in [5.41, 5.74) is 16.8. The fraction of sp³-hybridized carbons (Fsp3) is 0.167. The van der Waals surface area contributed by atoms with E-state index in [-0.39, 0.29) is 12.6 Å². The van der Waals surface area contributed by atoms with Crippen LogP contribution in [-0.4, -0.2) is 6.71 Å². The summed E-state index contributed by atoms with van der Waals surface area (Å²) < 4.78 is 0. The summed E-state index contributed by atoms with van der Waals surface area (Å²) in [6.07, 6.45) is 1.02. The molecule has 1 heteroatoms. The average Bonchev–Trinajstić information content (AvgIpc) is 2.89. The van der Waals surface area contributed by atoms with Crippen LogP contribution in [0.1, 0.15) is 56.0 Å².